The first kappa shape index (κ1) is 16.3. The summed E-state index contributed by atoms with van der Waals surface area (Å²) in [6, 6.07) is 5.31. The number of anilines is 1. The molecule has 0 saturated carbocycles. The van der Waals surface area contributed by atoms with Gasteiger partial charge >= 0.3 is 6.18 Å². The minimum absolute atomic E-state index is 0.00339. The van der Waals surface area contributed by atoms with Crippen molar-refractivity contribution in [3.05, 3.63) is 29.8 Å². The maximum atomic E-state index is 12.7. The van der Waals surface area contributed by atoms with Crippen LogP contribution in [-0.2, 0) is 11.0 Å². The highest BCUT2D eigenvalue weighted by Gasteiger charge is 2.32. The van der Waals surface area contributed by atoms with Crippen molar-refractivity contribution >= 4 is 11.6 Å². The van der Waals surface area contributed by atoms with Gasteiger partial charge in [0.1, 0.15) is 0 Å². The van der Waals surface area contributed by atoms with E-state index in [-0.39, 0.29) is 30.6 Å². The number of carbonyl (C=O) groups is 1. The maximum absolute atomic E-state index is 12.7. The Balaban J connectivity index is 2.53. The molecule has 0 spiro atoms. The molecule has 0 aliphatic rings. The van der Waals surface area contributed by atoms with Gasteiger partial charge in [0, 0.05) is 24.7 Å². The molecule has 0 bridgehead atoms. The second-order valence-corrected chi connectivity index (χ2v) is 4.60. The van der Waals surface area contributed by atoms with E-state index in [1.54, 1.807) is 0 Å². The largest absolute Gasteiger partial charge is 0.418 e. The number of hydrogen-bond acceptors (Lipinski definition) is 2. The zero-order valence-corrected chi connectivity index (χ0v) is 11.6. The third-order valence-electron chi connectivity index (χ3n) is 2.92. The van der Waals surface area contributed by atoms with E-state index in [4.69, 9.17) is 0 Å². The molecular formula is C14H19F3N2O. The van der Waals surface area contributed by atoms with Crippen molar-refractivity contribution in [3.63, 3.8) is 0 Å². The normalized spacial score (nSPS) is 12.8. The number of rotatable bonds is 6. The highest BCUT2D eigenvalue weighted by atomic mass is 19.4. The summed E-state index contributed by atoms with van der Waals surface area (Å²) in [4.78, 5) is 11.5. The summed E-state index contributed by atoms with van der Waals surface area (Å²) < 4.78 is 38.2. The van der Waals surface area contributed by atoms with Gasteiger partial charge in [-0.05, 0) is 25.5 Å². The first-order valence-electron chi connectivity index (χ1n) is 6.54. The summed E-state index contributed by atoms with van der Waals surface area (Å²) in [5, 5.41) is 5.42. The number of para-hydroxylation sites is 1. The standard InChI is InChI=1S/C14H19F3N2O/c1-3-10(2)19-13(20)8-9-18-12-7-5-4-6-11(12)14(15,16)17/h4-7,10,18H,3,8-9H2,1-2H3,(H,19,20). The molecule has 2 N–H and O–H groups in total. The van der Waals surface area contributed by atoms with Crippen LogP contribution in [0, 0.1) is 0 Å². The topological polar surface area (TPSA) is 41.1 Å². The monoisotopic (exact) mass is 288 g/mol. The predicted molar refractivity (Wildman–Crippen MR) is 72.4 cm³/mol. The Morgan fingerprint density at radius 1 is 1.30 bits per heavy atom. The van der Waals surface area contributed by atoms with Gasteiger partial charge in [0.2, 0.25) is 5.91 Å². The Labute approximate surface area is 116 Å². The first-order chi connectivity index (χ1) is 9.34. The average Bonchev–Trinajstić information content (AvgIpc) is 2.38. The zero-order chi connectivity index (χ0) is 15.2. The van der Waals surface area contributed by atoms with Gasteiger partial charge in [-0.1, -0.05) is 19.1 Å². The molecule has 1 unspecified atom stereocenters. The van der Waals surface area contributed by atoms with Crippen LogP contribution in [-0.4, -0.2) is 18.5 Å². The molecule has 112 valence electrons. The SMILES string of the molecule is CCC(C)NC(=O)CCNc1ccccc1C(F)(F)F. The number of alkyl halides is 3. The molecule has 0 aliphatic heterocycles. The molecule has 0 saturated heterocycles. The molecule has 1 rings (SSSR count). The highest BCUT2D eigenvalue weighted by molar-refractivity contribution is 5.76. The molecule has 3 nitrogen and oxygen atoms in total. The predicted octanol–water partition coefficient (Wildman–Crippen LogP) is 3.42. The molecule has 6 heteroatoms. The molecule has 0 fully saturated rings. The third-order valence-corrected chi connectivity index (χ3v) is 2.92. The number of benzene rings is 1. The minimum atomic E-state index is -4.40. The summed E-state index contributed by atoms with van der Waals surface area (Å²) in [6.45, 7) is 3.99. The quantitative estimate of drug-likeness (QED) is 0.842. The number of nitrogens with one attached hydrogen (secondary N) is 2. The van der Waals surface area contributed by atoms with Crippen molar-refractivity contribution in [2.24, 2.45) is 0 Å². The Bertz CT molecular complexity index is 446. The Morgan fingerprint density at radius 2 is 1.95 bits per heavy atom. The van der Waals surface area contributed by atoms with E-state index in [1.165, 1.54) is 18.2 Å². The van der Waals surface area contributed by atoms with Gasteiger partial charge in [-0.3, -0.25) is 4.79 Å². The van der Waals surface area contributed by atoms with Gasteiger partial charge in [0.25, 0.3) is 0 Å². The highest BCUT2D eigenvalue weighted by Crippen LogP contribution is 2.34. The van der Waals surface area contributed by atoms with Crippen LogP contribution in [0.15, 0.2) is 24.3 Å². The van der Waals surface area contributed by atoms with Crippen LogP contribution in [0.3, 0.4) is 0 Å². The van der Waals surface area contributed by atoms with Gasteiger partial charge in [-0.2, -0.15) is 13.2 Å². The van der Waals surface area contributed by atoms with Crippen LogP contribution in [0.25, 0.3) is 0 Å². The molecule has 0 heterocycles. The van der Waals surface area contributed by atoms with E-state index in [2.05, 4.69) is 10.6 Å². The molecule has 0 aliphatic carbocycles. The Hall–Kier alpha value is -1.72. The Morgan fingerprint density at radius 3 is 2.55 bits per heavy atom. The van der Waals surface area contributed by atoms with Crippen molar-refractivity contribution in [3.8, 4) is 0 Å². The van der Waals surface area contributed by atoms with Crippen molar-refractivity contribution in [2.75, 3.05) is 11.9 Å². The smallest absolute Gasteiger partial charge is 0.384 e. The first-order valence-corrected chi connectivity index (χ1v) is 6.54. The number of hydrogen-bond donors (Lipinski definition) is 2. The van der Waals surface area contributed by atoms with E-state index in [0.717, 1.165) is 12.5 Å². The van der Waals surface area contributed by atoms with E-state index in [0.29, 0.717) is 0 Å². The van der Waals surface area contributed by atoms with Crippen LogP contribution in [0.5, 0.6) is 0 Å². The van der Waals surface area contributed by atoms with E-state index in [1.807, 2.05) is 13.8 Å². The zero-order valence-electron chi connectivity index (χ0n) is 11.6. The number of halogens is 3. The van der Waals surface area contributed by atoms with E-state index in [9.17, 15) is 18.0 Å². The van der Waals surface area contributed by atoms with E-state index < -0.39 is 11.7 Å². The summed E-state index contributed by atoms with van der Waals surface area (Å²) in [6.07, 6.45) is -3.45. The van der Waals surface area contributed by atoms with Crippen molar-refractivity contribution < 1.29 is 18.0 Å². The molecule has 1 aromatic carbocycles. The maximum Gasteiger partial charge on any atom is 0.418 e. The van der Waals surface area contributed by atoms with Crippen LogP contribution in [0.4, 0.5) is 18.9 Å². The van der Waals surface area contributed by atoms with Crippen molar-refractivity contribution in [2.45, 2.75) is 38.9 Å². The second kappa shape index (κ2) is 7.17. The van der Waals surface area contributed by atoms with E-state index >= 15 is 0 Å². The fraction of sp³-hybridized carbons (Fsp3) is 0.500. The van der Waals surface area contributed by atoms with Crippen LogP contribution < -0.4 is 10.6 Å². The fourth-order valence-corrected chi connectivity index (χ4v) is 1.64. The Kier molecular flexibility index (Phi) is 5.85. The molecule has 1 atom stereocenters. The number of carbonyl (C=O) groups excluding carboxylic acids is 1. The summed E-state index contributed by atoms with van der Waals surface area (Å²) in [7, 11) is 0. The van der Waals surface area contributed by atoms with Gasteiger partial charge in [0.05, 0.1) is 5.56 Å². The van der Waals surface area contributed by atoms with Crippen molar-refractivity contribution in [1.82, 2.24) is 5.32 Å². The van der Waals surface area contributed by atoms with Crippen LogP contribution >= 0.6 is 0 Å². The average molecular weight is 288 g/mol. The summed E-state index contributed by atoms with van der Waals surface area (Å²) >= 11 is 0. The second-order valence-electron chi connectivity index (χ2n) is 4.60. The molecule has 0 aromatic heterocycles. The minimum Gasteiger partial charge on any atom is -0.384 e. The van der Waals surface area contributed by atoms with Crippen molar-refractivity contribution in [1.29, 1.82) is 0 Å². The third kappa shape index (κ3) is 5.11. The molecule has 20 heavy (non-hydrogen) atoms. The van der Waals surface area contributed by atoms with Gasteiger partial charge in [0.15, 0.2) is 0 Å². The lowest BCUT2D eigenvalue weighted by atomic mass is 10.1. The van der Waals surface area contributed by atoms with Gasteiger partial charge in [-0.25, -0.2) is 0 Å². The van der Waals surface area contributed by atoms with Crippen LogP contribution in [0.1, 0.15) is 32.3 Å². The molecule has 1 amide bonds. The molecular weight excluding hydrogens is 269 g/mol. The lowest BCUT2D eigenvalue weighted by molar-refractivity contribution is -0.137. The number of amides is 1. The fourth-order valence-electron chi connectivity index (χ4n) is 1.64. The molecule has 0 radical (unpaired) electrons. The van der Waals surface area contributed by atoms with Gasteiger partial charge in [-0.15, -0.1) is 0 Å². The summed E-state index contributed by atoms with van der Waals surface area (Å²) in [5.41, 5.74) is -0.723. The van der Waals surface area contributed by atoms with Gasteiger partial charge < -0.3 is 10.6 Å². The summed E-state index contributed by atoms with van der Waals surface area (Å²) in [5.74, 6) is -0.170. The lowest BCUT2D eigenvalue weighted by Crippen LogP contribution is -2.33. The lowest BCUT2D eigenvalue weighted by Gasteiger charge is -2.15. The molecule has 1 aromatic rings. The van der Waals surface area contributed by atoms with Crippen LogP contribution in [0.2, 0.25) is 0 Å².